The van der Waals surface area contributed by atoms with Crippen LogP contribution in [0, 0.1) is 5.82 Å². The minimum atomic E-state index is -0.671. The first-order valence-electron chi connectivity index (χ1n) is 9.13. The quantitative estimate of drug-likeness (QED) is 0.804. The molecule has 2 aromatic carbocycles. The van der Waals surface area contributed by atoms with Crippen LogP contribution in [-0.2, 0) is 0 Å². The van der Waals surface area contributed by atoms with Gasteiger partial charge in [-0.3, -0.25) is 0 Å². The van der Waals surface area contributed by atoms with E-state index in [1.54, 1.807) is 32.4 Å². The van der Waals surface area contributed by atoms with E-state index in [1.165, 1.54) is 12.1 Å². The van der Waals surface area contributed by atoms with E-state index in [1.807, 2.05) is 12.1 Å². The predicted octanol–water partition coefficient (Wildman–Crippen LogP) is 3.42. The van der Waals surface area contributed by atoms with Crippen LogP contribution in [0.4, 0.5) is 4.39 Å². The summed E-state index contributed by atoms with van der Waals surface area (Å²) in [7, 11) is 3.19. The topological polar surface area (TPSA) is 51.2 Å². The number of hydrogen-bond donors (Lipinski definition) is 1. The van der Waals surface area contributed by atoms with E-state index in [-0.39, 0.29) is 11.9 Å². The molecule has 6 heteroatoms. The lowest BCUT2D eigenvalue weighted by molar-refractivity contribution is 0.0599. The number of aliphatic hydroxyl groups is 1. The van der Waals surface area contributed by atoms with Gasteiger partial charge in [0.15, 0.2) is 0 Å². The largest absolute Gasteiger partial charge is 0.497 e. The van der Waals surface area contributed by atoms with Crippen molar-refractivity contribution in [1.29, 1.82) is 0 Å². The van der Waals surface area contributed by atoms with Gasteiger partial charge in [0.2, 0.25) is 0 Å². The van der Waals surface area contributed by atoms with E-state index in [4.69, 9.17) is 14.2 Å². The van der Waals surface area contributed by atoms with Gasteiger partial charge in [0.1, 0.15) is 29.2 Å². The summed E-state index contributed by atoms with van der Waals surface area (Å²) in [5, 5.41) is 10.7. The van der Waals surface area contributed by atoms with Gasteiger partial charge in [-0.1, -0.05) is 6.07 Å². The van der Waals surface area contributed by atoms with E-state index < -0.39 is 6.10 Å². The molecule has 2 aromatic rings. The number of β-amino-alcohol motifs (C(OH)–C–C–N with tert-alkyl or cyclic N) is 1. The van der Waals surface area contributed by atoms with E-state index >= 15 is 0 Å². The first-order chi connectivity index (χ1) is 13.1. The fourth-order valence-electron chi connectivity index (χ4n) is 3.39. The number of likely N-dealkylation sites (tertiary alicyclic amines) is 1. The number of benzene rings is 2. The number of ether oxygens (including phenoxy) is 3. The van der Waals surface area contributed by atoms with Crippen molar-refractivity contribution < 1.29 is 23.7 Å². The van der Waals surface area contributed by atoms with Crippen molar-refractivity contribution >= 4 is 0 Å². The number of nitrogens with zero attached hydrogens (tertiary/aromatic N) is 1. The average Bonchev–Trinajstić information content (AvgIpc) is 2.69. The maximum atomic E-state index is 13.3. The Morgan fingerprint density at radius 1 is 1.07 bits per heavy atom. The molecule has 0 spiro atoms. The molecule has 3 rings (SSSR count). The first kappa shape index (κ1) is 19.5. The molecule has 1 saturated heterocycles. The Bertz CT molecular complexity index is 747. The Morgan fingerprint density at radius 2 is 1.85 bits per heavy atom. The molecule has 0 aromatic heterocycles. The van der Waals surface area contributed by atoms with Crippen LogP contribution in [-0.4, -0.2) is 50.0 Å². The van der Waals surface area contributed by atoms with E-state index in [0.29, 0.717) is 23.8 Å². The van der Waals surface area contributed by atoms with Crippen LogP contribution < -0.4 is 14.2 Å². The van der Waals surface area contributed by atoms with Gasteiger partial charge in [-0.25, -0.2) is 4.39 Å². The van der Waals surface area contributed by atoms with Crippen molar-refractivity contribution in [2.24, 2.45) is 0 Å². The van der Waals surface area contributed by atoms with E-state index in [2.05, 4.69) is 4.90 Å². The number of piperidine rings is 1. The molecule has 0 saturated carbocycles. The summed E-state index contributed by atoms with van der Waals surface area (Å²) < 4.78 is 29.8. The van der Waals surface area contributed by atoms with Crippen LogP contribution in [0.25, 0.3) is 0 Å². The Balaban J connectivity index is 1.54. The van der Waals surface area contributed by atoms with Crippen LogP contribution in [0.3, 0.4) is 0 Å². The van der Waals surface area contributed by atoms with Gasteiger partial charge >= 0.3 is 0 Å². The summed E-state index contributed by atoms with van der Waals surface area (Å²) in [6.45, 7) is 2.13. The van der Waals surface area contributed by atoms with Crippen LogP contribution in [0.15, 0.2) is 42.5 Å². The highest BCUT2D eigenvalue weighted by Gasteiger charge is 2.24. The second kappa shape index (κ2) is 9.06. The molecule has 1 aliphatic rings. The third kappa shape index (κ3) is 5.11. The van der Waals surface area contributed by atoms with Crippen molar-refractivity contribution in [1.82, 2.24) is 4.90 Å². The molecular weight excluding hydrogens is 349 g/mol. The van der Waals surface area contributed by atoms with Gasteiger partial charge in [0.25, 0.3) is 0 Å². The van der Waals surface area contributed by atoms with Gasteiger partial charge in [-0.15, -0.1) is 0 Å². The van der Waals surface area contributed by atoms with Gasteiger partial charge in [-0.2, -0.15) is 0 Å². The SMILES string of the molecule is COc1ccc(OC)c(C(O)CN2CCC(Oc3cccc(F)c3)CC2)c1. The molecule has 1 unspecified atom stereocenters. The van der Waals surface area contributed by atoms with E-state index in [0.717, 1.165) is 31.5 Å². The summed E-state index contributed by atoms with van der Waals surface area (Å²) in [5.74, 6) is 1.61. The monoisotopic (exact) mass is 375 g/mol. The summed E-state index contributed by atoms with van der Waals surface area (Å²) in [5.41, 5.74) is 0.718. The summed E-state index contributed by atoms with van der Waals surface area (Å²) >= 11 is 0. The highest BCUT2D eigenvalue weighted by Crippen LogP contribution is 2.30. The minimum Gasteiger partial charge on any atom is -0.497 e. The van der Waals surface area contributed by atoms with Gasteiger partial charge in [0, 0.05) is 31.3 Å². The predicted molar refractivity (Wildman–Crippen MR) is 101 cm³/mol. The van der Waals surface area contributed by atoms with Gasteiger partial charge in [-0.05, 0) is 43.2 Å². The zero-order chi connectivity index (χ0) is 19.2. The van der Waals surface area contributed by atoms with Crippen molar-refractivity contribution in [2.45, 2.75) is 25.0 Å². The summed E-state index contributed by atoms with van der Waals surface area (Å²) in [4.78, 5) is 2.20. The van der Waals surface area contributed by atoms with Crippen molar-refractivity contribution in [3.05, 3.63) is 53.8 Å². The Hall–Kier alpha value is -2.31. The highest BCUT2D eigenvalue weighted by atomic mass is 19.1. The fourth-order valence-corrected chi connectivity index (χ4v) is 3.39. The Kier molecular flexibility index (Phi) is 6.53. The van der Waals surface area contributed by atoms with Crippen LogP contribution in [0.1, 0.15) is 24.5 Å². The summed E-state index contributed by atoms with van der Waals surface area (Å²) in [6, 6.07) is 11.7. The normalized spacial score (nSPS) is 16.7. The average molecular weight is 375 g/mol. The molecule has 1 heterocycles. The van der Waals surface area contributed by atoms with Crippen LogP contribution >= 0.6 is 0 Å². The second-order valence-electron chi connectivity index (χ2n) is 6.70. The standard InChI is InChI=1S/C21H26FNO4/c1-25-17-6-7-21(26-2)19(13-17)20(24)14-23-10-8-16(9-11-23)27-18-5-3-4-15(22)12-18/h3-7,12-13,16,20,24H,8-11,14H2,1-2H3. The Labute approximate surface area is 159 Å². The molecule has 0 amide bonds. The molecular formula is C21H26FNO4. The molecule has 27 heavy (non-hydrogen) atoms. The Morgan fingerprint density at radius 3 is 2.52 bits per heavy atom. The smallest absolute Gasteiger partial charge is 0.126 e. The lowest BCUT2D eigenvalue weighted by atomic mass is 10.0. The number of aliphatic hydroxyl groups excluding tert-OH is 1. The number of methoxy groups -OCH3 is 2. The molecule has 1 atom stereocenters. The van der Waals surface area contributed by atoms with Crippen molar-refractivity contribution in [2.75, 3.05) is 33.9 Å². The van der Waals surface area contributed by atoms with Gasteiger partial charge < -0.3 is 24.2 Å². The van der Waals surface area contributed by atoms with Crippen molar-refractivity contribution in [3.8, 4) is 17.2 Å². The van der Waals surface area contributed by atoms with E-state index in [9.17, 15) is 9.50 Å². The molecule has 1 N–H and O–H groups in total. The molecule has 1 fully saturated rings. The maximum absolute atomic E-state index is 13.3. The van der Waals surface area contributed by atoms with Crippen LogP contribution in [0.2, 0.25) is 0 Å². The van der Waals surface area contributed by atoms with Crippen LogP contribution in [0.5, 0.6) is 17.2 Å². The van der Waals surface area contributed by atoms with Crippen molar-refractivity contribution in [3.63, 3.8) is 0 Å². The zero-order valence-corrected chi connectivity index (χ0v) is 15.7. The molecule has 146 valence electrons. The fraction of sp³-hybridized carbons (Fsp3) is 0.429. The first-order valence-corrected chi connectivity index (χ1v) is 9.13. The molecule has 0 aliphatic carbocycles. The third-order valence-electron chi connectivity index (χ3n) is 4.86. The maximum Gasteiger partial charge on any atom is 0.126 e. The zero-order valence-electron chi connectivity index (χ0n) is 15.7. The molecule has 5 nitrogen and oxygen atoms in total. The summed E-state index contributed by atoms with van der Waals surface area (Å²) in [6.07, 6.45) is 1.05. The minimum absolute atomic E-state index is 0.0616. The lowest BCUT2D eigenvalue weighted by Gasteiger charge is -2.33. The number of rotatable bonds is 7. The highest BCUT2D eigenvalue weighted by molar-refractivity contribution is 5.41. The lowest BCUT2D eigenvalue weighted by Crippen LogP contribution is -2.40. The number of hydrogen-bond acceptors (Lipinski definition) is 5. The molecule has 0 radical (unpaired) electrons. The number of halogens is 1. The molecule has 1 aliphatic heterocycles. The second-order valence-corrected chi connectivity index (χ2v) is 6.70. The van der Waals surface area contributed by atoms with Gasteiger partial charge in [0.05, 0.1) is 20.3 Å². The molecule has 0 bridgehead atoms. The third-order valence-corrected chi connectivity index (χ3v) is 4.86.